The molecule has 6 heteroatoms. The van der Waals surface area contributed by atoms with Gasteiger partial charge in [0, 0.05) is 26.4 Å². The summed E-state index contributed by atoms with van der Waals surface area (Å²) in [5.74, 6) is 5.58. The summed E-state index contributed by atoms with van der Waals surface area (Å²) in [6, 6.07) is 13.1. The number of thioether (sulfide) groups is 1. The van der Waals surface area contributed by atoms with Crippen LogP contribution in [0.25, 0.3) is 0 Å². The summed E-state index contributed by atoms with van der Waals surface area (Å²) in [6.45, 7) is 0. The summed E-state index contributed by atoms with van der Waals surface area (Å²) in [5, 5.41) is 0. The number of hydrogen-bond acceptors (Lipinski definition) is 4. The van der Waals surface area contributed by atoms with Gasteiger partial charge in [0.15, 0.2) is 0 Å². The molecule has 0 fully saturated rings. The average molecular weight is 352 g/mol. The second kappa shape index (κ2) is 6.78. The van der Waals surface area contributed by atoms with Crippen LogP contribution in [-0.4, -0.2) is 5.91 Å². The van der Waals surface area contributed by atoms with E-state index in [2.05, 4.69) is 21.4 Å². The van der Waals surface area contributed by atoms with Crippen LogP contribution in [0, 0.1) is 0 Å². The zero-order valence-electron chi connectivity index (χ0n) is 10.6. The van der Waals surface area contributed by atoms with Crippen LogP contribution in [-0.2, 0) is 5.75 Å². The highest BCUT2D eigenvalue weighted by Gasteiger charge is 2.04. The smallest absolute Gasteiger partial charge is 0.265 e. The molecular weight excluding hydrogens is 338 g/mol. The maximum absolute atomic E-state index is 11.3. The van der Waals surface area contributed by atoms with Crippen molar-refractivity contribution >= 4 is 39.3 Å². The Bertz CT molecular complexity index is 616. The van der Waals surface area contributed by atoms with Gasteiger partial charge in [-0.15, -0.1) is 11.8 Å². The molecule has 5 N–H and O–H groups in total. The van der Waals surface area contributed by atoms with Gasteiger partial charge < -0.3 is 5.73 Å². The lowest BCUT2D eigenvalue weighted by Gasteiger charge is -2.07. The normalized spacial score (nSPS) is 10.3. The van der Waals surface area contributed by atoms with E-state index in [1.165, 1.54) is 0 Å². The van der Waals surface area contributed by atoms with Gasteiger partial charge in [0.1, 0.15) is 0 Å². The van der Waals surface area contributed by atoms with E-state index in [1.807, 2.05) is 30.3 Å². The van der Waals surface area contributed by atoms with Gasteiger partial charge in [0.25, 0.3) is 5.91 Å². The number of amides is 1. The van der Waals surface area contributed by atoms with Crippen molar-refractivity contribution in [2.24, 2.45) is 5.84 Å². The van der Waals surface area contributed by atoms with Crippen LogP contribution in [0.3, 0.4) is 0 Å². The minimum atomic E-state index is -0.291. The van der Waals surface area contributed by atoms with Gasteiger partial charge in [-0.2, -0.15) is 0 Å². The number of anilines is 1. The lowest BCUT2D eigenvalue weighted by atomic mass is 10.1. The molecule has 0 aliphatic rings. The molecule has 0 aliphatic carbocycles. The zero-order valence-corrected chi connectivity index (χ0v) is 13.0. The van der Waals surface area contributed by atoms with Crippen molar-refractivity contribution in [2.75, 3.05) is 5.73 Å². The SMILES string of the molecule is NNC(=O)c1ccc(CSc2cc(Br)ccc2N)cc1. The number of nitrogen functional groups attached to an aromatic ring is 2. The quantitative estimate of drug-likeness (QED) is 0.260. The molecule has 0 spiro atoms. The first-order valence-electron chi connectivity index (χ1n) is 5.88. The standard InChI is InChI=1S/C14H14BrN3OS/c15-11-5-6-12(16)13(7-11)20-8-9-1-3-10(4-2-9)14(19)18-17/h1-7H,8,16-17H2,(H,18,19). The van der Waals surface area contributed by atoms with Gasteiger partial charge in [-0.25, -0.2) is 5.84 Å². The predicted octanol–water partition coefficient (Wildman–Crippen LogP) is 2.93. The van der Waals surface area contributed by atoms with E-state index in [-0.39, 0.29) is 5.91 Å². The molecule has 20 heavy (non-hydrogen) atoms. The number of hydrogen-bond donors (Lipinski definition) is 3. The third-order valence-electron chi connectivity index (χ3n) is 2.72. The Labute approximate surface area is 130 Å². The maximum Gasteiger partial charge on any atom is 0.265 e. The summed E-state index contributed by atoms with van der Waals surface area (Å²) < 4.78 is 1.00. The van der Waals surface area contributed by atoms with Crippen LogP contribution in [0.4, 0.5) is 5.69 Å². The highest BCUT2D eigenvalue weighted by atomic mass is 79.9. The molecule has 104 valence electrons. The molecule has 0 bridgehead atoms. The molecule has 0 atom stereocenters. The summed E-state index contributed by atoms with van der Waals surface area (Å²) in [5.41, 5.74) is 10.5. The minimum Gasteiger partial charge on any atom is -0.398 e. The van der Waals surface area contributed by atoms with Crippen LogP contribution in [0.5, 0.6) is 0 Å². The molecule has 2 rings (SSSR count). The van der Waals surface area contributed by atoms with E-state index < -0.39 is 0 Å². The van der Waals surface area contributed by atoms with Crippen molar-refractivity contribution in [2.45, 2.75) is 10.6 Å². The van der Waals surface area contributed by atoms with Gasteiger partial charge in [0.2, 0.25) is 0 Å². The molecule has 4 nitrogen and oxygen atoms in total. The second-order valence-corrected chi connectivity index (χ2v) is 6.07. The summed E-state index contributed by atoms with van der Waals surface area (Å²) in [7, 11) is 0. The van der Waals surface area contributed by atoms with Crippen molar-refractivity contribution < 1.29 is 4.79 Å². The maximum atomic E-state index is 11.3. The highest BCUT2D eigenvalue weighted by Crippen LogP contribution is 2.30. The Morgan fingerprint density at radius 3 is 2.55 bits per heavy atom. The first-order valence-corrected chi connectivity index (χ1v) is 7.65. The number of halogens is 1. The Morgan fingerprint density at radius 1 is 1.20 bits per heavy atom. The highest BCUT2D eigenvalue weighted by molar-refractivity contribution is 9.10. The van der Waals surface area contributed by atoms with Crippen molar-refractivity contribution in [1.82, 2.24) is 5.43 Å². The Morgan fingerprint density at radius 2 is 1.90 bits per heavy atom. The largest absolute Gasteiger partial charge is 0.398 e. The topological polar surface area (TPSA) is 81.1 Å². The molecular formula is C14H14BrN3OS. The molecule has 1 amide bonds. The summed E-state index contributed by atoms with van der Waals surface area (Å²) in [6.07, 6.45) is 0. The van der Waals surface area contributed by atoms with Crippen molar-refractivity contribution in [3.8, 4) is 0 Å². The van der Waals surface area contributed by atoms with E-state index in [9.17, 15) is 4.79 Å². The zero-order chi connectivity index (χ0) is 14.5. The van der Waals surface area contributed by atoms with E-state index in [4.69, 9.17) is 11.6 Å². The number of carbonyl (C=O) groups is 1. The van der Waals surface area contributed by atoms with Crippen molar-refractivity contribution in [3.63, 3.8) is 0 Å². The number of nitrogens with two attached hydrogens (primary N) is 2. The number of hydrazine groups is 1. The molecule has 0 unspecified atom stereocenters. The van der Waals surface area contributed by atoms with Crippen molar-refractivity contribution in [3.05, 3.63) is 58.1 Å². The van der Waals surface area contributed by atoms with Crippen LogP contribution < -0.4 is 17.0 Å². The molecule has 0 radical (unpaired) electrons. The Kier molecular flexibility index (Phi) is 5.05. The van der Waals surface area contributed by atoms with E-state index >= 15 is 0 Å². The lowest BCUT2D eigenvalue weighted by Crippen LogP contribution is -2.29. The number of nitrogens with one attached hydrogen (secondary N) is 1. The van der Waals surface area contributed by atoms with Gasteiger partial charge in [-0.1, -0.05) is 28.1 Å². The van der Waals surface area contributed by atoms with Crippen LogP contribution in [0.15, 0.2) is 51.8 Å². The van der Waals surface area contributed by atoms with Gasteiger partial charge >= 0.3 is 0 Å². The first-order chi connectivity index (χ1) is 9.60. The molecule has 2 aromatic carbocycles. The van der Waals surface area contributed by atoms with Gasteiger partial charge in [-0.05, 0) is 35.9 Å². The minimum absolute atomic E-state index is 0.291. The predicted molar refractivity (Wildman–Crippen MR) is 86.2 cm³/mol. The fourth-order valence-electron chi connectivity index (χ4n) is 1.63. The van der Waals surface area contributed by atoms with Crippen molar-refractivity contribution in [1.29, 1.82) is 0 Å². The van der Waals surface area contributed by atoms with Crippen LogP contribution in [0.2, 0.25) is 0 Å². The monoisotopic (exact) mass is 351 g/mol. The number of carbonyl (C=O) groups excluding carboxylic acids is 1. The summed E-state index contributed by atoms with van der Waals surface area (Å²) in [4.78, 5) is 12.4. The lowest BCUT2D eigenvalue weighted by molar-refractivity contribution is 0.0953. The number of rotatable bonds is 4. The van der Waals surface area contributed by atoms with E-state index in [1.54, 1.807) is 23.9 Å². The average Bonchev–Trinajstić information content (AvgIpc) is 2.48. The van der Waals surface area contributed by atoms with Crippen LogP contribution in [0.1, 0.15) is 15.9 Å². The molecule has 0 saturated carbocycles. The third-order valence-corrected chi connectivity index (χ3v) is 4.35. The molecule has 0 heterocycles. The molecule has 0 saturated heterocycles. The first kappa shape index (κ1) is 14.9. The van der Waals surface area contributed by atoms with Crippen LogP contribution >= 0.6 is 27.7 Å². The molecule has 0 aromatic heterocycles. The van der Waals surface area contributed by atoms with E-state index in [0.29, 0.717) is 5.56 Å². The summed E-state index contributed by atoms with van der Waals surface area (Å²) >= 11 is 5.08. The van der Waals surface area contributed by atoms with E-state index in [0.717, 1.165) is 26.4 Å². The Hall–Kier alpha value is -1.50. The fraction of sp³-hybridized carbons (Fsp3) is 0.0714. The number of benzene rings is 2. The Balaban J connectivity index is 2.04. The van der Waals surface area contributed by atoms with Gasteiger partial charge in [0.05, 0.1) is 0 Å². The fourth-order valence-corrected chi connectivity index (χ4v) is 3.10. The molecule has 0 aliphatic heterocycles. The third kappa shape index (κ3) is 3.75. The van der Waals surface area contributed by atoms with Gasteiger partial charge in [-0.3, -0.25) is 10.2 Å². The molecule has 2 aromatic rings. The second-order valence-electron chi connectivity index (χ2n) is 4.14.